The maximum absolute atomic E-state index is 13.4. The molecule has 0 unspecified atom stereocenters. The third-order valence-corrected chi connectivity index (χ3v) is 7.10. The standard InChI is InChI=1S/C24H16N2O3S2/c27-19(20-12-7-13-30-20)15-25-23-18(14-21(31-23)16-8-3-1-4-9-16)22(28)26(24(25)29)17-10-5-2-6-11-17/h1-14H,15H2. The third kappa shape index (κ3) is 3.48. The van der Waals surface area contributed by atoms with Crippen molar-refractivity contribution in [2.45, 2.75) is 6.54 Å². The molecule has 31 heavy (non-hydrogen) atoms. The number of carbonyl (C=O) groups is 1. The van der Waals surface area contributed by atoms with Crippen LogP contribution in [-0.4, -0.2) is 14.9 Å². The fourth-order valence-electron chi connectivity index (χ4n) is 3.50. The Hall–Kier alpha value is -3.55. The number of benzene rings is 2. The van der Waals surface area contributed by atoms with Gasteiger partial charge in [0.05, 0.1) is 22.5 Å². The Morgan fingerprint density at radius 1 is 0.871 bits per heavy atom. The summed E-state index contributed by atoms with van der Waals surface area (Å²) in [6, 6.07) is 23.8. The highest BCUT2D eigenvalue weighted by molar-refractivity contribution is 7.21. The van der Waals surface area contributed by atoms with E-state index in [2.05, 4.69) is 0 Å². The smallest absolute Gasteiger partial charge is 0.291 e. The Balaban J connectivity index is 1.78. The number of hydrogen-bond donors (Lipinski definition) is 0. The lowest BCUT2D eigenvalue weighted by molar-refractivity contribution is 0.0975. The largest absolute Gasteiger partial charge is 0.337 e. The van der Waals surface area contributed by atoms with Gasteiger partial charge < -0.3 is 0 Å². The summed E-state index contributed by atoms with van der Waals surface area (Å²) in [5.41, 5.74) is 0.529. The van der Waals surface area contributed by atoms with E-state index in [-0.39, 0.29) is 17.9 Å². The van der Waals surface area contributed by atoms with Gasteiger partial charge in [-0.05, 0) is 35.2 Å². The molecule has 5 aromatic rings. The molecular weight excluding hydrogens is 428 g/mol. The summed E-state index contributed by atoms with van der Waals surface area (Å²) in [4.78, 5) is 41.6. The third-order valence-electron chi connectivity index (χ3n) is 4.98. The quantitative estimate of drug-likeness (QED) is 0.365. The van der Waals surface area contributed by atoms with E-state index in [1.165, 1.54) is 27.2 Å². The van der Waals surface area contributed by atoms with Gasteiger partial charge in [0.2, 0.25) is 0 Å². The van der Waals surface area contributed by atoms with Crippen LogP contribution in [0.2, 0.25) is 0 Å². The van der Waals surface area contributed by atoms with Crippen LogP contribution in [0.5, 0.6) is 0 Å². The lowest BCUT2D eigenvalue weighted by atomic mass is 10.2. The number of thiophene rings is 2. The highest BCUT2D eigenvalue weighted by atomic mass is 32.1. The normalized spacial score (nSPS) is 11.1. The minimum absolute atomic E-state index is 0.127. The summed E-state index contributed by atoms with van der Waals surface area (Å²) in [7, 11) is 0. The molecule has 0 bridgehead atoms. The van der Waals surface area contributed by atoms with E-state index in [0.717, 1.165) is 15.0 Å². The van der Waals surface area contributed by atoms with Crippen LogP contribution in [0.15, 0.2) is 93.8 Å². The lowest BCUT2D eigenvalue weighted by Crippen LogP contribution is -2.39. The highest BCUT2D eigenvalue weighted by Gasteiger charge is 2.20. The van der Waals surface area contributed by atoms with Crippen molar-refractivity contribution in [3.8, 4) is 16.1 Å². The molecule has 0 aliphatic carbocycles. The van der Waals surface area contributed by atoms with E-state index in [1.807, 2.05) is 47.8 Å². The molecule has 0 saturated carbocycles. The Labute approximate surface area is 185 Å². The highest BCUT2D eigenvalue weighted by Crippen LogP contribution is 2.31. The number of para-hydroxylation sites is 1. The first-order valence-electron chi connectivity index (χ1n) is 9.60. The number of nitrogens with zero attached hydrogens (tertiary/aromatic N) is 2. The summed E-state index contributed by atoms with van der Waals surface area (Å²) in [6.07, 6.45) is 0. The second-order valence-corrected chi connectivity index (χ2v) is 8.92. The summed E-state index contributed by atoms with van der Waals surface area (Å²) in [5.74, 6) is -0.161. The Bertz CT molecular complexity index is 1500. The van der Waals surface area contributed by atoms with Crippen LogP contribution >= 0.6 is 22.7 Å². The van der Waals surface area contributed by atoms with Crippen LogP contribution in [0.25, 0.3) is 26.3 Å². The first-order chi connectivity index (χ1) is 15.1. The summed E-state index contributed by atoms with van der Waals surface area (Å²) >= 11 is 2.69. The van der Waals surface area contributed by atoms with E-state index in [9.17, 15) is 14.4 Å². The van der Waals surface area contributed by atoms with Crippen molar-refractivity contribution in [3.05, 3.63) is 110 Å². The zero-order chi connectivity index (χ0) is 21.4. The Morgan fingerprint density at radius 3 is 2.26 bits per heavy atom. The van der Waals surface area contributed by atoms with Crippen LogP contribution in [0.4, 0.5) is 0 Å². The van der Waals surface area contributed by atoms with Crippen LogP contribution in [0.1, 0.15) is 9.67 Å². The van der Waals surface area contributed by atoms with E-state index in [4.69, 9.17) is 0 Å². The molecule has 7 heteroatoms. The van der Waals surface area contributed by atoms with Gasteiger partial charge in [-0.2, -0.15) is 0 Å². The van der Waals surface area contributed by atoms with Crippen molar-refractivity contribution < 1.29 is 4.79 Å². The number of ketones is 1. The van der Waals surface area contributed by atoms with Crippen molar-refractivity contribution in [3.63, 3.8) is 0 Å². The van der Waals surface area contributed by atoms with Gasteiger partial charge in [0.25, 0.3) is 5.56 Å². The summed E-state index contributed by atoms with van der Waals surface area (Å²) in [5, 5.41) is 2.25. The maximum Gasteiger partial charge on any atom is 0.337 e. The zero-order valence-electron chi connectivity index (χ0n) is 16.2. The molecular formula is C24H16N2O3S2. The fraction of sp³-hybridized carbons (Fsp3) is 0.0417. The number of fused-ring (bicyclic) bond motifs is 1. The lowest BCUT2D eigenvalue weighted by Gasteiger charge is -2.11. The van der Waals surface area contributed by atoms with Gasteiger partial charge in [-0.15, -0.1) is 22.7 Å². The van der Waals surface area contributed by atoms with Crippen LogP contribution < -0.4 is 11.2 Å². The van der Waals surface area contributed by atoms with Crippen molar-refractivity contribution in [1.82, 2.24) is 9.13 Å². The van der Waals surface area contributed by atoms with Crippen molar-refractivity contribution >= 4 is 38.7 Å². The molecule has 0 aliphatic rings. The maximum atomic E-state index is 13.4. The molecule has 5 nitrogen and oxygen atoms in total. The van der Waals surface area contributed by atoms with E-state index >= 15 is 0 Å². The molecule has 0 radical (unpaired) electrons. The Kier molecular flexibility index (Phi) is 4.97. The monoisotopic (exact) mass is 444 g/mol. The topological polar surface area (TPSA) is 61.1 Å². The molecule has 0 N–H and O–H groups in total. The molecule has 3 aromatic heterocycles. The van der Waals surface area contributed by atoms with Crippen molar-refractivity contribution in [2.24, 2.45) is 0 Å². The minimum atomic E-state index is -0.518. The summed E-state index contributed by atoms with van der Waals surface area (Å²) in [6.45, 7) is -0.127. The van der Waals surface area contributed by atoms with Crippen molar-refractivity contribution in [1.29, 1.82) is 0 Å². The SMILES string of the molecule is O=C(Cn1c(=O)n(-c2ccccc2)c(=O)c2cc(-c3ccccc3)sc21)c1cccs1. The molecule has 152 valence electrons. The molecule has 0 fully saturated rings. The number of Topliss-reactive ketones (excluding diaryl/α,β-unsaturated/α-hetero) is 1. The molecule has 3 heterocycles. The van der Waals surface area contributed by atoms with Crippen LogP contribution in [0, 0.1) is 0 Å². The van der Waals surface area contributed by atoms with Gasteiger partial charge in [0, 0.05) is 4.88 Å². The van der Waals surface area contributed by atoms with Gasteiger partial charge in [-0.1, -0.05) is 54.6 Å². The fourth-order valence-corrected chi connectivity index (χ4v) is 5.30. The molecule has 0 spiro atoms. The molecule has 0 saturated heterocycles. The minimum Gasteiger partial charge on any atom is -0.291 e. The molecule has 0 aliphatic heterocycles. The second-order valence-electron chi connectivity index (χ2n) is 6.94. The van der Waals surface area contributed by atoms with Crippen LogP contribution in [0.3, 0.4) is 0 Å². The van der Waals surface area contributed by atoms with Crippen molar-refractivity contribution in [2.75, 3.05) is 0 Å². The van der Waals surface area contributed by atoms with Crippen LogP contribution in [-0.2, 0) is 6.54 Å². The van der Waals surface area contributed by atoms with Gasteiger partial charge in [-0.25, -0.2) is 9.36 Å². The van der Waals surface area contributed by atoms with Gasteiger partial charge >= 0.3 is 5.69 Å². The Morgan fingerprint density at radius 2 is 1.58 bits per heavy atom. The van der Waals surface area contributed by atoms with E-state index < -0.39 is 5.69 Å². The van der Waals surface area contributed by atoms with E-state index in [1.54, 1.807) is 36.4 Å². The number of carbonyl (C=O) groups excluding carboxylic acids is 1. The molecule has 0 amide bonds. The number of hydrogen-bond acceptors (Lipinski definition) is 5. The average molecular weight is 445 g/mol. The number of aromatic nitrogens is 2. The zero-order valence-corrected chi connectivity index (χ0v) is 17.9. The molecule has 5 rings (SSSR count). The molecule has 0 atom stereocenters. The van der Waals surface area contributed by atoms with Gasteiger partial charge in [0.15, 0.2) is 5.78 Å². The van der Waals surface area contributed by atoms with E-state index in [0.29, 0.717) is 20.8 Å². The van der Waals surface area contributed by atoms with Gasteiger partial charge in [-0.3, -0.25) is 14.2 Å². The van der Waals surface area contributed by atoms with Gasteiger partial charge in [0.1, 0.15) is 4.83 Å². The first-order valence-corrected chi connectivity index (χ1v) is 11.3. The first kappa shape index (κ1) is 19.4. The molecule has 2 aromatic carbocycles. The predicted molar refractivity (Wildman–Crippen MR) is 126 cm³/mol. The second kappa shape index (κ2) is 7.94. The number of rotatable bonds is 5. The average Bonchev–Trinajstić information content (AvgIpc) is 3.49. The predicted octanol–water partition coefficient (Wildman–Crippen LogP) is 4.83. The summed E-state index contributed by atoms with van der Waals surface area (Å²) < 4.78 is 2.56.